The van der Waals surface area contributed by atoms with E-state index in [0.717, 1.165) is 38.0 Å². The molecule has 0 saturated carbocycles. The van der Waals surface area contributed by atoms with Gasteiger partial charge in [-0.25, -0.2) is 0 Å². The van der Waals surface area contributed by atoms with Crippen molar-refractivity contribution in [1.82, 2.24) is 15.4 Å². The minimum atomic E-state index is -0.0856. The summed E-state index contributed by atoms with van der Waals surface area (Å²) in [5, 5.41) is 7.23. The van der Waals surface area contributed by atoms with Gasteiger partial charge >= 0.3 is 0 Å². The summed E-state index contributed by atoms with van der Waals surface area (Å²) in [6.45, 7) is 7.11. The molecule has 5 heteroatoms. The minimum absolute atomic E-state index is 0.0856. The largest absolute Gasteiger partial charge is 0.360 e. The van der Waals surface area contributed by atoms with Crippen molar-refractivity contribution >= 4 is 5.91 Å². The molecule has 1 aliphatic heterocycles. The molecule has 122 valence electrons. The van der Waals surface area contributed by atoms with Crippen molar-refractivity contribution in [3.8, 4) is 11.3 Å². The summed E-state index contributed by atoms with van der Waals surface area (Å²) in [6, 6.07) is 9.91. The molecule has 3 rings (SSSR count). The van der Waals surface area contributed by atoms with Crippen LogP contribution < -0.4 is 5.32 Å². The number of amides is 1. The number of carbonyl (C=O) groups is 1. The van der Waals surface area contributed by atoms with E-state index in [1.165, 1.54) is 0 Å². The molecule has 1 saturated heterocycles. The molecule has 2 aromatic rings. The summed E-state index contributed by atoms with van der Waals surface area (Å²) in [5.74, 6) is 0.477. The number of nitrogens with one attached hydrogen (secondary N) is 1. The predicted octanol–water partition coefficient (Wildman–Crippen LogP) is 2.86. The number of aromatic nitrogens is 1. The number of nitrogens with zero attached hydrogens (tertiary/aromatic N) is 2. The number of likely N-dealkylation sites (tertiary alicyclic amines) is 1. The number of aryl methyl sites for hydroxylation is 1. The van der Waals surface area contributed by atoms with Crippen molar-refractivity contribution in [3.63, 3.8) is 0 Å². The highest BCUT2D eigenvalue weighted by Crippen LogP contribution is 2.25. The van der Waals surface area contributed by atoms with Crippen LogP contribution in [0.2, 0.25) is 0 Å². The zero-order valence-corrected chi connectivity index (χ0v) is 13.7. The molecule has 23 heavy (non-hydrogen) atoms. The van der Waals surface area contributed by atoms with Gasteiger partial charge in [-0.1, -0.05) is 42.4 Å². The summed E-state index contributed by atoms with van der Waals surface area (Å²) in [6.07, 6.45) is 1.98. The molecule has 1 aliphatic rings. The molecule has 0 atom stereocenters. The second-order valence-electron chi connectivity index (χ2n) is 6.01. The van der Waals surface area contributed by atoms with Crippen molar-refractivity contribution in [3.05, 3.63) is 41.7 Å². The quantitative estimate of drug-likeness (QED) is 0.943. The molecule has 0 spiro atoms. The van der Waals surface area contributed by atoms with Crippen molar-refractivity contribution < 1.29 is 9.32 Å². The Balaban J connectivity index is 1.74. The first-order chi connectivity index (χ1) is 11.2. The van der Waals surface area contributed by atoms with Crippen LogP contribution in [0.15, 0.2) is 34.9 Å². The number of hydrogen-bond donors (Lipinski definition) is 1. The van der Waals surface area contributed by atoms with Crippen LogP contribution in [-0.4, -0.2) is 41.6 Å². The van der Waals surface area contributed by atoms with E-state index in [1.807, 2.05) is 30.3 Å². The van der Waals surface area contributed by atoms with E-state index in [0.29, 0.717) is 17.0 Å². The maximum absolute atomic E-state index is 12.7. The molecule has 1 aromatic carbocycles. The smallest absolute Gasteiger partial charge is 0.257 e. The van der Waals surface area contributed by atoms with Gasteiger partial charge < -0.3 is 14.7 Å². The predicted molar refractivity (Wildman–Crippen MR) is 89.3 cm³/mol. The molecule has 0 aliphatic carbocycles. The Bertz CT molecular complexity index is 658. The van der Waals surface area contributed by atoms with Gasteiger partial charge in [-0.05, 0) is 26.3 Å². The van der Waals surface area contributed by atoms with Gasteiger partial charge in [-0.3, -0.25) is 4.79 Å². The van der Waals surface area contributed by atoms with Crippen LogP contribution in [-0.2, 0) is 0 Å². The van der Waals surface area contributed by atoms with Crippen LogP contribution in [0.1, 0.15) is 35.9 Å². The van der Waals surface area contributed by atoms with Gasteiger partial charge in [0.05, 0.1) is 0 Å². The van der Waals surface area contributed by atoms with E-state index < -0.39 is 0 Å². The minimum Gasteiger partial charge on any atom is -0.360 e. The third-order valence-electron chi connectivity index (χ3n) is 4.51. The number of hydrogen-bond acceptors (Lipinski definition) is 4. The van der Waals surface area contributed by atoms with Crippen LogP contribution in [0, 0.1) is 6.92 Å². The third kappa shape index (κ3) is 3.45. The Morgan fingerprint density at radius 1 is 1.30 bits per heavy atom. The fourth-order valence-corrected chi connectivity index (χ4v) is 3.08. The molecule has 2 heterocycles. The standard InChI is InChI=1S/C18H23N3O2/c1-3-21-11-9-15(10-12-21)19-18(22)16-13(2)23-20-17(16)14-7-5-4-6-8-14/h4-8,15H,3,9-12H2,1-2H3,(H,19,22). The van der Waals surface area contributed by atoms with Crippen molar-refractivity contribution in [2.75, 3.05) is 19.6 Å². The van der Waals surface area contributed by atoms with Crippen molar-refractivity contribution in [1.29, 1.82) is 0 Å². The fraction of sp³-hybridized carbons (Fsp3) is 0.444. The fourth-order valence-electron chi connectivity index (χ4n) is 3.08. The van der Waals surface area contributed by atoms with E-state index in [4.69, 9.17) is 4.52 Å². The second kappa shape index (κ2) is 6.96. The lowest BCUT2D eigenvalue weighted by atomic mass is 10.0. The Morgan fingerprint density at radius 2 is 2.00 bits per heavy atom. The summed E-state index contributed by atoms with van der Waals surface area (Å²) in [4.78, 5) is 15.1. The van der Waals surface area contributed by atoms with Gasteiger partial charge in [-0.2, -0.15) is 0 Å². The summed E-state index contributed by atoms with van der Waals surface area (Å²) in [7, 11) is 0. The lowest BCUT2D eigenvalue weighted by Gasteiger charge is -2.31. The molecule has 0 unspecified atom stereocenters. The van der Waals surface area contributed by atoms with Crippen LogP contribution in [0.3, 0.4) is 0 Å². The highest BCUT2D eigenvalue weighted by atomic mass is 16.5. The van der Waals surface area contributed by atoms with Gasteiger partial charge in [0.15, 0.2) is 0 Å². The SMILES string of the molecule is CCN1CCC(NC(=O)c2c(-c3ccccc3)noc2C)CC1. The Kier molecular flexibility index (Phi) is 4.76. The summed E-state index contributed by atoms with van der Waals surface area (Å²) < 4.78 is 5.28. The Labute approximate surface area is 136 Å². The number of rotatable bonds is 4. The first-order valence-corrected chi connectivity index (χ1v) is 8.24. The topological polar surface area (TPSA) is 58.4 Å². The molecule has 0 radical (unpaired) electrons. The normalized spacial score (nSPS) is 16.4. The highest BCUT2D eigenvalue weighted by molar-refractivity contribution is 6.00. The molecule has 5 nitrogen and oxygen atoms in total. The Hall–Kier alpha value is -2.14. The van der Waals surface area contributed by atoms with E-state index in [9.17, 15) is 4.79 Å². The number of piperidine rings is 1. The lowest BCUT2D eigenvalue weighted by molar-refractivity contribution is 0.0911. The summed E-state index contributed by atoms with van der Waals surface area (Å²) >= 11 is 0. The zero-order chi connectivity index (χ0) is 16.2. The molecule has 1 amide bonds. The van der Waals surface area contributed by atoms with E-state index in [-0.39, 0.29) is 11.9 Å². The zero-order valence-electron chi connectivity index (χ0n) is 13.7. The van der Waals surface area contributed by atoms with E-state index in [2.05, 4.69) is 22.3 Å². The average Bonchev–Trinajstić information content (AvgIpc) is 2.98. The molecular formula is C18H23N3O2. The van der Waals surface area contributed by atoms with Gasteiger partial charge in [0.1, 0.15) is 17.0 Å². The Morgan fingerprint density at radius 3 is 2.65 bits per heavy atom. The average molecular weight is 313 g/mol. The maximum Gasteiger partial charge on any atom is 0.257 e. The van der Waals surface area contributed by atoms with Crippen molar-refractivity contribution in [2.24, 2.45) is 0 Å². The summed E-state index contributed by atoms with van der Waals surface area (Å²) in [5.41, 5.74) is 2.07. The second-order valence-corrected chi connectivity index (χ2v) is 6.01. The van der Waals surface area contributed by atoms with E-state index >= 15 is 0 Å². The van der Waals surface area contributed by atoms with Gasteiger partial charge in [-0.15, -0.1) is 0 Å². The highest BCUT2D eigenvalue weighted by Gasteiger charge is 2.25. The molecule has 1 N–H and O–H groups in total. The van der Waals surface area contributed by atoms with Crippen LogP contribution >= 0.6 is 0 Å². The third-order valence-corrected chi connectivity index (χ3v) is 4.51. The van der Waals surface area contributed by atoms with Crippen LogP contribution in [0.4, 0.5) is 0 Å². The van der Waals surface area contributed by atoms with Gasteiger partial charge in [0, 0.05) is 24.7 Å². The first kappa shape index (κ1) is 15.7. The number of benzene rings is 1. The van der Waals surface area contributed by atoms with Gasteiger partial charge in [0.25, 0.3) is 5.91 Å². The molecule has 0 bridgehead atoms. The maximum atomic E-state index is 12.7. The monoisotopic (exact) mass is 313 g/mol. The van der Waals surface area contributed by atoms with Gasteiger partial charge in [0.2, 0.25) is 0 Å². The molecule has 1 aromatic heterocycles. The molecular weight excluding hydrogens is 290 g/mol. The lowest BCUT2D eigenvalue weighted by Crippen LogP contribution is -2.44. The molecule has 1 fully saturated rings. The van der Waals surface area contributed by atoms with Crippen LogP contribution in [0.25, 0.3) is 11.3 Å². The van der Waals surface area contributed by atoms with Crippen molar-refractivity contribution in [2.45, 2.75) is 32.7 Å². The number of carbonyl (C=O) groups excluding carboxylic acids is 1. The van der Waals surface area contributed by atoms with Crippen LogP contribution in [0.5, 0.6) is 0 Å². The van der Waals surface area contributed by atoms with E-state index in [1.54, 1.807) is 6.92 Å². The first-order valence-electron chi connectivity index (χ1n) is 8.24.